The minimum absolute atomic E-state index is 0.337. The zero-order valence-corrected chi connectivity index (χ0v) is 12.1. The molecule has 1 aromatic carbocycles. The van der Waals surface area contributed by atoms with E-state index < -0.39 is 0 Å². The van der Waals surface area contributed by atoms with Gasteiger partial charge in [0.25, 0.3) is 0 Å². The van der Waals surface area contributed by atoms with Crippen molar-refractivity contribution in [1.82, 2.24) is 10.2 Å². The highest BCUT2D eigenvalue weighted by molar-refractivity contribution is 5.28. The van der Waals surface area contributed by atoms with Crippen LogP contribution >= 0.6 is 0 Å². The molecule has 0 aromatic heterocycles. The van der Waals surface area contributed by atoms with Gasteiger partial charge in [0.05, 0.1) is 0 Å². The molecule has 1 saturated heterocycles. The lowest BCUT2D eigenvalue weighted by molar-refractivity contribution is 0.284. The van der Waals surface area contributed by atoms with E-state index >= 15 is 0 Å². The Morgan fingerprint density at radius 2 is 1.84 bits per heavy atom. The summed E-state index contributed by atoms with van der Waals surface area (Å²) in [5.41, 5.74) is 1.26. The zero-order valence-electron chi connectivity index (χ0n) is 12.1. The van der Waals surface area contributed by atoms with Crippen LogP contribution in [0.5, 0.6) is 5.75 Å². The van der Waals surface area contributed by atoms with E-state index in [0.29, 0.717) is 17.8 Å². The Morgan fingerprint density at radius 1 is 1.21 bits per heavy atom. The number of aromatic hydroxyl groups is 1. The molecule has 1 aliphatic heterocycles. The van der Waals surface area contributed by atoms with E-state index in [-0.39, 0.29) is 0 Å². The number of rotatable bonds is 6. The molecule has 2 atom stereocenters. The Morgan fingerprint density at radius 3 is 2.42 bits per heavy atom. The first-order chi connectivity index (χ1) is 9.19. The molecule has 0 saturated carbocycles. The third kappa shape index (κ3) is 4.22. The number of nitrogens with one attached hydrogen (secondary N) is 1. The molecule has 106 valence electrons. The lowest BCUT2D eigenvalue weighted by atomic mass is 10.0. The van der Waals surface area contributed by atoms with Crippen molar-refractivity contribution in [2.75, 3.05) is 19.6 Å². The fourth-order valence-electron chi connectivity index (χ4n) is 2.91. The summed E-state index contributed by atoms with van der Waals surface area (Å²) in [5, 5.41) is 13.1. The maximum Gasteiger partial charge on any atom is 0.115 e. The monoisotopic (exact) mass is 262 g/mol. The van der Waals surface area contributed by atoms with E-state index in [2.05, 4.69) is 24.1 Å². The SMILES string of the molecule is CCC(NC(C)CN1CCCC1)c1ccc(O)cc1. The van der Waals surface area contributed by atoms with Crippen molar-refractivity contribution in [1.29, 1.82) is 0 Å². The predicted octanol–water partition coefficient (Wildman–Crippen LogP) is 2.92. The highest BCUT2D eigenvalue weighted by Gasteiger charge is 2.17. The van der Waals surface area contributed by atoms with Gasteiger partial charge in [0.2, 0.25) is 0 Å². The first kappa shape index (κ1) is 14.4. The third-order valence-electron chi connectivity index (χ3n) is 3.92. The van der Waals surface area contributed by atoms with Gasteiger partial charge in [-0.3, -0.25) is 0 Å². The average molecular weight is 262 g/mol. The van der Waals surface area contributed by atoms with Crippen LogP contribution in [0.2, 0.25) is 0 Å². The lowest BCUT2D eigenvalue weighted by Crippen LogP contribution is -2.39. The normalized spacial score (nSPS) is 19.5. The zero-order chi connectivity index (χ0) is 13.7. The van der Waals surface area contributed by atoms with Gasteiger partial charge in [0, 0.05) is 18.6 Å². The van der Waals surface area contributed by atoms with Gasteiger partial charge < -0.3 is 15.3 Å². The van der Waals surface area contributed by atoms with Crippen LogP contribution in [0.1, 0.15) is 44.7 Å². The summed E-state index contributed by atoms with van der Waals surface area (Å²) in [6.45, 7) is 8.10. The van der Waals surface area contributed by atoms with Gasteiger partial charge in [0.15, 0.2) is 0 Å². The van der Waals surface area contributed by atoms with Crippen molar-refractivity contribution >= 4 is 0 Å². The van der Waals surface area contributed by atoms with Gasteiger partial charge in [-0.1, -0.05) is 19.1 Å². The summed E-state index contributed by atoms with van der Waals surface area (Å²) in [4.78, 5) is 2.54. The largest absolute Gasteiger partial charge is 0.508 e. The summed E-state index contributed by atoms with van der Waals surface area (Å²) in [5.74, 6) is 0.337. The molecule has 1 fully saturated rings. The molecule has 2 N–H and O–H groups in total. The minimum atomic E-state index is 0.337. The smallest absolute Gasteiger partial charge is 0.115 e. The van der Waals surface area contributed by atoms with Crippen molar-refractivity contribution < 1.29 is 5.11 Å². The van der Waals surface area contributed by atoms with Crippen LogP contribution in [0.4, 0.5) is 0 Å². The number of benzene rings is 1. The molecular weight excluding hydrogens is 236 g/mol. The van der Waals surface area contributed by atoms with Crippen LogP contribution < -0.4 is 5.32 Å². The van der Waals surface area contributed by atoms with Crippen LogP contribution in [0.15, 0.2) is 24.3 Å². The predicted molar refractivity (Wildman–Crippen MR) is 79.4 cm³/mol. The molecule has 0 amide bonds. The van der Waals surface area contributed by atoms with E-state index in [1.807, 2.05) is 12.1 Å². The van der Waals surface area contributed by atoms with Gasteiger partial charge in [-0.15, -0.1) is 0 Å². The van der Waals surface area contributed by atoms with Crippen LogP contribution in [0.3, 0.4) is 0 Å². The van der Waals surface area contributed by atoms with Gasteiger partial charge in [-0.25, -0.2) is 0 Å². The number of likely N-dealkylation sites (tertiary alicyclic amines) is 1. The molecule has 0 bridgehead atoms. The van der Waals surface area contributed by atoms with Crippen molar-refractivity contribution in [3.05, 3.63) is 29.8 Å². The van der Waals surface area contributed by atoms with E-state index in [9.17, 15) is 5.11 Å². The molecule has 19 heavy (non-hydrogen) atoms. The maximum absolute atomic E-state index is 9.36. The number of phenols is 1. The first-order valence-corrected chi connectivity index (χ1v) is 7.46. The Balaban J connectivity index is 1.88. The highest BCUT2D eigenvalue weighted by Crippen LogP contribution is 2.20. The number of hydrogen-bond acceptors (Lipinski definition) is 3. The second-order valence-corrected chi connectivity index (χ2v) is 5.63. The van der Waals surface area contributed by atoms with Crippen molar-refractivity contribution in [3.8, 4) is 5.75 Å². The topological polar surface area (TPSA) is 35.5 Å². The van der Waals surface area contributed by atoms with Crippen LogP contribution in [-0.4, -0.2) is 35.7 Å². The second-order valence-electron chi connectivity index (χ2n) is 5.63. The minimum Gasteiger partial charge on any atom is -0.508 e. The fraction of sp³-hybridized carbons (Fsp3) is 0.625. The number of hydrogen-bond donors (Lipinski definition) is 2. The summed E-state index contributed by atoms with van der Waals surface area (Å²) in [6.07, 6.45) is 3.76. The molecule has 2 unspecified atom stereocenters. The first-order valence-electron chi connectivity index (χ1n) is 7.46. The lowest BCUT2D eigenvalue weighted by Gasteiger charge is -2.26. The van der Waals surface area contributed by atoms with E-state index in [1.165, 1.54) is 31.5 Å². The van der Waals surface area contributed by atoms with Gasteiger partial charge >= 0.3 is 0 Å². The number of nitrogens with zero attached hydrogens (tertiary/aromatic N) is 1. The van der Waals surface area contributed by atoms with Crippen molar-refractivity contribution in [2.24, 2.45) is 0 Å². The Bertz CT molecular complexity index is 371. The Kier molecular flexibility index (Phi) is 5.23. The van der Waals surface area contributed by atoms with E-state index in [0.717, 1.165) is 13.0 Å². The average Bonchev–Trinajstić information content (AvgIpc) is 2.90. The highest BCUT2D eigenvalue weighted by atomic mass is 16.3. The molecule has 1 aromatic rings. The number of phenolic OH excluding ortho intramolecular Hbond substituents is 1. The summed E-state index contributed by atoms with van der Waals surface area (Å²) in [7, 11) is 0. The van der Waals surface area contributed by atoms with Crippen LogP contribution in [-0.2, 0) is 0 Å². The Hall–Kier alpha value is -1.06. The molecule has 2 rings (SSSR count). The van der Waals surface area contributed by atoms with Gasteiger partial charge in [-0.2, -0.15) is 0 Å². The molecule has 3 heteroatoms. The standard InChI is InChI=1S/C16H26N2O/c1-3-16(14-6-8-15(19)9-7-14)17-13(2)12-18-10-4-5-11-18/h6-9,13,16-17,19H,3-5,10-12H2,1-2H3. The summed E-state index contributed by atoms with van der Waals surface area (Å²) in [6, 6.07) is 8.43. The van der Waals surface area contributed by atoms with Crippen molar-refractivity contribution in [3.63, 3.8) is 0 Å². The quantitative estimate of drug-likeness (QED) is 0.827. The summed E-state index contributed by atoms with van der Waals surface area (Å²) < 4.78 is 0. The van der Waals surface area contributed by atoms with E-state index in [4.69, 9.17) is 0 Å². The van der Waals surface area contributed by atoms with E-state index in [1.54, 1.807) is 12.1 Å². The Labute approximate surface area is 116 Å². The third-order valence-corrected chi connectivity index (χ3v) is 3.92. The molecule has 1 heterocycles. The van der Waals surface area contributed by atoms with Crippen molar-refractivity contribution in [2.45, 2.75) is 45.2 Å². The fourth-order valence-corrected chi connectivity index (χ4v) is 2.91. The molecular formula is C16H26N2O. The molecule has 0 radical (unpaired) electrons. The van der Waals surface area contributed by atoms with Crippen LogP contribution in [0, 0.1) is 0 Å². The molecule has 1 aliphatic rings. The molecule has 0 aliphatic carbocycles. The molecule has 3 nitrogen and oxygen atoms in total. The molecule has 0 spiro atoms. The van der Waals surface area contributed by atoms with Gasteiger partial charge in [-0.05, 0) is 57.0 Å². The second kappa shape index (κ2) is 6.92. The van der Waals surface area contributed by atoms with Gasteiger partial charge in [0.1, 0.15) is 5.75 Å². The summed E-state index contributed by atoms with van der Waals surface area (Å²) >= 11 is 0. The maximum atomic E-state index is 9.36. The van der Waals surface area contributed by atoms with Crippen LogP contribution in [0.25, 0.3) is 0 Å².